The summed E-state index contributed by atoms with van der Waals surface area (Å²) in [5, 5.41) is 4.18. The average Bonchev–Trinajstić information content (AvgIpc) is 3.50. The van der Waals surface area contributed by atoms with Gasteiger partial charge in [0.05, 0.1) is 0 Å². The highest BCUT2D eigenvalue weighted by atomic mass is 35.5. The van der Waals surface area contributed by atoms with Crippen LogP contribution in [-0.2, 0) is 27.9 Å². The first-order chi connectivity index (χ1) is 15.8. The zero-order valence-electron chi connectivity index (χ0n) is 17.6. The van der Waals surface area contributed by atoms with Crippen LogP contribution in [0.3, 0.4) is 0 Å². The Morgan fingerprint density at radius 1 is 1.24 bits per heavy atom. The number of aromatic nitrogens is 2. The molecule has 0 fully saturated rings. The lowest BCUT2D eigenvalue weighted by molar-refractivity contribution is -0.194. The molecule has 0 bridgehead atoms. The van der Waals surface area contributed by atoms with Gasteiger partial charge in [0.15, 0.2) is 11.5 Å². The number of halogens is 1. The number of ketones is 1. The molecule has 0 unspecified atom stereocenters. The minimum atomic E-state index is -4.24. The number of carbonyl (C=O) groups excluding carboxylic acids is 1. The standard InChI is InChI=1S/C22H18ClN3O6S/c1-12-19(23)22(31-25-12)26(2)33(28,29)21-15-5-3-4-6-16(15)24-20(21)17(27)9-13-7-8-14-11-30-32-18(14)10-13/h3-8,10,24H,9,11H2,1-2H3. The lowest BCUT2D eigenvalue weighted by Crippen LogP contribution is -2.28. The summed E-state index contributed by atoms with van der Waals surface area (Å²) in [6.07, 6.45) is -0.0438. The number of benzene rings is 2. The number of anilines is 1. The van der Waals surface area contributed by atoms with E-state index in [9.17, 15) is 13.2 Å². The smallest absolute Gasteiger partial charge is 0.269 e. The summed E-state index contributed by atoms with van der Waals surface area (Å²) in [5.41, 5.74) is 2.37. The van der Waals surface area contributed by atoms with Gasteiger partial charge in [-0.15, -0.1) is 0 Å². The number of hydrogen-bond donors (Lipinski definition) is 1. The number of sulfonamides is 1. The van der Waals surface area contributed by atoms with Crippen molar-refractivity contribution in [1.29, 1.82) is 0 Å². The number of Topliss-reactive ketones (excluding diaryl/α,β-unsaturated/α-hetero) is 1. The summed E-state index contributed by atoms with van der Waals surface area (Å²) >= 11 is 6.19. The van der Waals surface area contributed by atoms with Crippen molar-refractivity contribution in [3.05, 3.63) is 70.0 Å². The van der Waals surface area contributed by atoms with E-state index in [-0.39, 0.29) is 27.9 Å². The van der Waals surface area contributed by atoms with Crippen LogP contribution < -0.4 is 9.19 Å². The van der Waals surface area contributed by atoms with Crippen LogP contribution >= 0.6 is 11.6 Å². The van der Waals surface area contributed by atoms with E-state index in [0.29, 0.717) is 34.5 Å². The Morgan fingerprint density at radius 2 is 2.03 bits per heavy atom. The van der Waals surface area contributed by atoms with Crippen molar-refractivity contribution in [2.75, 3.05) is 11.4 Å². The molecule has 0 saturated carbocycles. The second-order valence-corrected chi connectivity index (χ2v) is 9.91. The van der Waals surface area contributed by atoms with Crippen LogP contribution in [-0.4, -0.2) is 31.4 Å². The Kier molecular flexibility index (Phi) is 5.15. The highest BCUT2D eigenvalue weighted by Crippen LogP contribution is 2.36. The van der Waals surface area contributed by atoms with Gasteiger partial charge in [-0.2, -0.15) is 4.89 Å². The number of nitrogens with one attached hydrogen (secondary N) is 1. The maximum Gasteiger partial charge on any atom is 0.269 e. The van der Waals surface area contributed by atoms with Crippen LogP contribution in [0.15, 0.2) is 51.9 Å². The molecule has 1 N–H and O–H groups in total. The molecular formula is C22H18ClN3O6S. The summed E-state index contributed by atoms with van der Waals surface area (Å²) < 4.78 is 33.4. The van der Waals surface area contributed by atoms with Gasteiger partial charge in [-0.1, -0.05) is 47.1 Å². The molecule has 0 saturated heterocycles. The third-order valence-electron chi connectivity index (χ3n) is 5.48. The summed E-state index contributed by atoms with van der Waals surface area (Å²) in [6, 6.07) is 12.1. The fraction of sp³-hybridized carbons (Fsp3) is 0.182. The van der Waals surface area contributed by atoms with Crippen LogP contribution in [0.1, 0.15) is 27.3 Å². The summed E-state index contributed by atoms with van der Waals surface area (Å²) in [6.45, 7) is 1.94. The van der Waals surface area contributed by atoms with Crippen molar-refractivity contribution >= 4 is 44.2 Å². The van der Waals surface area contributed by atoms with Gasteiger partial charge >= 0.3 is 0 Å². The Labute approximate surface area is 193 Å². The van der Waals surface area contributed by atoms with Crippen molar-refractivity contribution in [2.45, 2.75) is 24.8 Å². The van der Waals surface area contributed by atoms with E-state index < -0.39 is 15.8 Å². The molecule has 9 nitrogen and oxygen atoms in total. The largest absolute Gasteiger partial charge is 0.351 e. The number of hydrogen-bond acceptors (Lipinski definition) is 7. The second-order valence-electron chi connectivity index (χ2n) is 7.62. The lowest BCUT2D eigenvalue weighted by atomic mass is 10.0. The number of fused-ring (bicyclic) bond motifs is 2. The van der Waals surface area contributed by atoms with Crippen molar-refractivity contribution in [1.82, 2.24) is 10.1 Å². The van der Waals surface area contributed by atoms with Gasteiger partial charge in [0.1, 0.15) is 27.9 Å². The number of carbonyl (C=O) groups is 1. The van der Waals surface area contributed by atoms with E-state index in [0.717, 1.165) is 9.87 Å². The van der Waals surface area contributed by atoms with Gasteiger partial charge in [0, 0.05) is 29.9 Å². The number of aromatic amines is 1. The van der Waals surface area contributed by atoms with E-state index in [1.807, 2.05) is 6.07 Å². The van der Waals surface area contributed by atoms with Gasteiger partial charge in [0.25, 0.3) is 15.9 Å². The first-order valence-corrected chi connectivity index (χ1v) is 11.7. The molecule has 1 aliphatic heterocycles. The normalized spacial score (nSPS) is 13.2. The van der Waals surface area contributed by atoms with Gasteiger partial charge in [0.2, 0.25) is 0 Å². The maximum absolute atomic E-state index is 13.7. The van der Waals surface area contributed by atoms with E-state index in [4.69, 9.17) is 25.9 Å². The molecule has 0 atom stereocenters. The fourth-order valence-corrected chi connectivity index (χ4v) is 5.45. The van der Waals surface area contributed by atoms with Gasteiger partial charge in [-0.25, -0.2) is 12.7 Å². The van der Waals surface area contributed by atoms with Crippen LogP contribution in [0.5, 0.6) is 5.75 Å². The number of aryl methyl sites for hydroxylation is 1. The molecule has 33 heavy (non-hydrogen) atoms. The van der Waals surface area contributed by atoms with Crippen LogP contribution in [0.25, 0.3) is 10.9 Å². The molecule has 0 amide bonds. The molecule has 3 heterocycles. The monoisotopic (exact) mass is 487 g/mol. The maximum atomic E-state index is 13.7. The number of para-hydroxylation sites is 1. The zero-order valence-corrected chi connectivity index (χ0v) is 19.2. The minimum Gasteiger partial charge on any atom is -0.351 e. The average molecular weight is 488 g/mol. The third-order valence-corrected chi connectivity index (χ3v) is 7.74. The van der Waals surface area contributed by atoms with Crippen molar-refractivity contribution in [3.63, 3.8) is 0 Å². The Bertz CT molecular complexity index is 1510. The van der Waals surface area contributed by atoms with E-state index >= 15 is 0 Å². The molecule has 0 spiro atoms. The first kappa shape index (κ1) is 21.5. The Balaban J connectivity index is 1.59. The molecular weight excluding hydrogens is 470 g/mol. The third kappa shape index (κ3) is 3.56. The molecule has 2 aromatic heterocycles. The number of nitrogens with zero attached hydrogens (tertiary/aromatic N) is 2. The predicted molar refractivity (Wildman–Crippen MR) is 120 cm³/mol. The zero-order chi connectivity index (χ0) is 23.3. The van der Waals surface area contributed by atoms with Crippen molar-refractivity contribution in [3.8, 4) is 5.75 Å². The number of H-pyrrole nitrogens is 1. The van der Waals surface area contributed by atoms with E-state index in [2.05, 4.69) is 10.1 Å². The molecule has 170 valence electrons. The Hall–Kier alpha value is -3.34. The second kappa shape index (κ2) is 7.91. The van der Waals surface area contributed by atoms with Crippen LogP contribution in [0, 0.1) is 6.92 Å². The SMILES string of the molecule is Cc1noc(N(C)S(=O)(=O)c2c(C(=O)Cc3ccc4c(c3)OOC4)[nH]c3ccccc23)c1Cl. The van der Waals surface area contributed by atoms with Gasteiger partial charge in [-0.3, -0.25) is 4.79 Å². The molecule has 4 aromatic rings. The predicted octanol–water partition coefficient (Wildman–Crippen LogP) is 4.19. The number of rotatable bonds is 6. The van der Waals surface area contributed by atoms with Gasteiger partial charge < -0.3 is 14.4 Å². The van der Waals surface area contributed by atoms with E-state index in [1.165, 1.54) is 7.05 Å². The summed E-state index contributed by atoms with van der Waals surface area (Å²) in [7, 11) is -2.94. The van der Waals surface area contributed by atoms with Crippen LogP contribution in [0.4, 0.5) is 5.88 Å². The highest BCUT2D eigenvalue weighted by Gasteiger charge is 2.34. The minimum absolute atomic E-state index is 0.0342. The fourth-order valence-electron chi connectivity index (χ4n) is 3.70. The molecule has 5 rings (SSSR count). The summed E-state index contributed by atoms with van der Waals surface area (Å²) in [4.78, 5) is 26.2. The topological polar surface area (TPSA) is 115 Å². The van der Waals surface area contributed by atoms with E-state index in [1.54, 1.807) is 43.3 Å². The first-order valence-electron chi connectivity index (χ1n) is 9.93. The highest BCUT2D eigenvalue weighted by molar-refractivity contribution is 7.93. The molecule has 11 heteroatoms. The molecule has 0 radical (unpaired) electrons. The molecule has 2 aromatic carbocycles. The lowest BCUT2D eigenvalue weighted by Gasteiger charge is -2.17. The molecule has 0 aliphatic carbocycles. The molecule has 1 aliphatic rings. The quantitative estimate of drug-likeness (QED) is 0.320. The van der Waals surface area contributed by atoms with Crippen molar-refractivity contribution in [2.24, 2.45) is 0 Å². The van der Waals surface area contributed by atoms with Gasteiger partial charge in [-0.05, 0) is 24.6 Å². The van der Waals surface area contributed by atoms with Crippen molar-refractivity contribution < 1.29 is 27.5 Å². The Morgan fingerprint density at radius 3 is 2.79 bits per heavy atom. The summed E-state index contributed by atoms with van der Waals surface area (Å²) in [5.74, 6) is 0.00496. The van der Waals surface area contributed by atoms with Crippen LogP contribution in [0.2, 0.25) is 5.02 Å².